The second kappa shape index (κ2) is 7.10. The zero-order valence-corrected chi connectivity index (χ0v) is 14.0. The van der Waals surface area contributed by atoms with Gasteiger partial charge >= 0.3 is 6.18 Å². The molecule has 24 heavy (non-hydrogen) atoms. The maximum absolute atomic E-state index is 12.5. The van der Waals surface area contributed by atoms with Crippen LogP contribution in [0.2, 0.25) is 0 Å². The summed E-state index contributed by atoms with van der Waals surface area (Å²) in [6.07, 6.45) is -1.44. The predicted octanol–water partition coefficient (Wildman–Crippen LogP) is 2.14. The van der Waals surface area contributed by atoms with E-state index >= 15 is 0 Å². The molecule has 1 aliphatic rings. The molecule has 1 N–H and O–H groups in total. The predicted molar refractivity (Wildman–Crippen MR) is 82.5 cm³/mol. The van der Waals surface area contributed by atoms with E-state index in [-0.39, 0.29) is 6.54 Å². The summed E-state index contributed by atoms with van der Waals surface area (Å²) in [5, 5.41) is 2.60. The Kier molecular flexibility index (Phi) is 5.54. The smallest absolute Gasteiger partial charge is 0.351 e. The molecule has 1 unspecified atom stereocenters. The van der Waals surface area contributed by atoms with E-state index in [9.17, 15) is 26.4 Å². The molecule has 1 aromatic rings. The lowest BCUT2D eigenvalue weighted by Gasteiger charge is -2.32. The van der Waals surface area contributed by atoms with Crippen LogP contribution in [0.25, 0.3) is 0 Å². The fraction of sp³-hybridized carbons (Fsp3) is 0.533. The largest absolute Gasteiger partial charge is 0.416 e. The van der Waals surface area contributed by atoms with Crippen molar-refractivity contribution in [2.24, 2.45) is 0 Å². The summed E-state index contributed by atoms with van der Waals surface area (Å²) in [6, 6.07) is 3.72. The summed E-state index contributed by atoms with van der Waals surface area (Å²) in [4.78, 5) is 12.3. The van der Waals surface area contributed by atoms with Gasteiger partial charge < -0.3 is 5.32 Å². The van der Waals surface area contributed by atoms with Crippen LogP contribution in [0.3, 0.4) is 0 Å². The quantitative estimate of drug-likeness (QED) is 0.890. The molecule has 0 aliphatic carbocycles. The lowest BCUT2D eigenvalue weighted by molar-refractivity contribution is -0.137. The first-order valence-corrected chi connectivity index (χ1v) is 9.34. The molecule has 0 bridgehead atoms. The third kappa shape index (κ3) is 4.70. The second-order valence-electron chi connectivity index (χ2n) is 5.80. The Morgan fingerprint density at radius 1 is 1.25 bits per heavy atom. The standard InChI is InChI=1S/C15H19F3N2O3S/c1-24(22,23)20-9-3-2-4-13(20)14(21)19-10-11-5-7-12(8-6-11)15(16,17)18/h5-8,13H,2-4,9-10H2,1H3,(H,19,21). The highest BCUT2D eigenvalue weighted by molar-refractivity contribution is 7.88. The van der Waals surface area contributed by atoms with Crippen LogP contribution in [0, 0.1) is 0 Å². The molecule has 0 spiro atoms. The molecule has 9 heteroatoms. The minimum absolute atomic E-state index is 0.0467. The van der Waals surface area contributed by atoms with Crippen molar-refractivity contribution < 1.29 is 26.4 Å². The average molecular weight is 364 g/mol. The molecule has 0 aromatic heterocycles. The number of halogens is 3. The van der Waals surface area contributed by atoms with Gasteiger partial charge in [0.1, 0.15) is 6.04 Å². The second-order valence-corrected chi connectivity index (χ2v) is 7.73. The number of piperidine rings is 1. The Balaban J connectivity index is 1.99. The van der Waals surface area contributed by atoms with E-state index in [1.54, 1.807) is 0 Å². The van der Waals surface area contributed by atoms with Gasteiger partial charge in [-0.15, -0.1) is 0 Å². The fourth-order valence-electron chi connectivity index (χ4n) is 2.68. The number of carbonyl (C=O) groups excluding carboxylic acids is 1. The lowest BCUT2D eigenvalue weighted by atomic mass is 10.0. The summed E-state index contributed by atoms with van der Waals surface area (Å²) in [6.45, 7) is 0.349. The van der Waals surface area contributed by atoms with E-state index in [1.165, 1.54) is 16.4 Å². The monoisotopic (exact) mass is 364 g/mol. The number of sulfonamides is 1. The molecule has 1 aromatic carbocycles. The minimum Gasteiger partial charge on any atom is -0.351 e. The molecule has 0 radical (unpaired) electrons. The van der Waals surface area contributed by atoms with E-state index in [0.717, 1.165) is 24.8 Å². The number of nitrogens with zero attached hydrogens (tertiary/aromatic N) is 1. The van der Waals surface area contributed by atoms with Crippen LogP contribution in [0.1, 0.15) is 30.4 Å². The average Bonchev–Trinajstić information content (AvgIpc) is 2.51. The molecular formula is C15H19F3N2O3S. The van der Waals surface area contributed by atoms with Crippen molar-refractivity contribution in [2.75, 3.05) is 12.8 Å². The van der Waals surface area contributed by atoms with Gasteiger partial charge in [-0.3, -0.25) is 4.79 Å². The first-order valence-electron chi connectivity index (χ1n) is 7.50. The van der Waals surface area contributed by atoms with Gasteiger partial charge in [0.05, 0.1) is 11.8 Å². The van der Waals surface area contributed by atoms with E-state index in [2.05, 4.69) is 5.32 Å². The number of hydrogen-bond donors (Lipinski definition) is 1. The van der Waals surface area contributed by atoms with E-state index in [4.69, 9.17) is 0 Å². The summed E-state index contributed by atoms with van der Waals surface area (Å²) in [7, 11) is -3.48. The van der Waals surface area contributed by atoms with Crippen LogP contribution in [0.15, 0.2) is 24.3 Å². The van der Waals surface area contributed by atoms with E-state index in [0.29, 0.717) is 24.9 Å². The molecule has 1 heterocycles. The van der Waals surface area contributed by atoms with Gasteiger partial charge in [0.2, 0.25) is 15.9 Å². The topological polar surface area (TPSA) is 66.5 Å². The fourth-order valence-corrected chi connectivity index (χ4v) is 3.81. The zero-order chi connectivity index (χ0) is 18.0. The maximum Gasteiger partial charge on any atom is 0.416 e. The Morgan fingerprint density at radius 3 is 2.42 bits per heavy atom. The van der Waals surface area contributed by atoms with Crippen LogP contribution in [0.4, 0.5) is 13.2 Å². The SMILES string of the molecule is CS(=O)(=O)N1CCCCC1C(=O)NCc1ccc(C(F)(F)F)cc1. The number of hydrogen-bond acceptors (Lipinski definition) is 3. The Bertz CT molecular complexity index is 687. The van der Waals surface area contributed by atoms with Crippen molar-refractivity contribution >= 4 is 15.9 Å². The summed E-state index contributed by atoms with van der Waals surface area (Å²) >= 11 is 0. The Morgan fingerprint density at radius 2 is 1.88 bits per heavy atom. The zero-order valence-electron chi connectivity index (χ0n) is 13.1. The number of amides is 1. The molecule has 1 amide bonds. The summed E-state index contributed by atoms with van der Waals surface area (Å²) in [5.41, 5.74) is -0.244. The van der Waals surface area contributed by atoms with Crippen molar-refractivity contribution in [3.05, 3.63) is 35.4 Å². The third-order valence-electron chi connectivity index (χ3n) is 3.93. The van der Waals surface area contributed by atoms with Gasteiger partial charge in [-0.05, 0) is 30.5 Å². The Labute approximate surface area is 138 Å². The lowest BCUT2D eigenvalue weighted by Crippen LogP contribution is -2.51. The highest BCUT2D eigenvalue weighted by Crippen LogP contribution is 2.29. The highest BCUT2D eigenvalue weighted by Gasteiger charge is 2.34. The van der Waals surface area contributed by atoms with Crippen molar-refractivity contribution in [1.29, 1.82) is 0 Å². The van der Waals surface area contributed by atoms with Crippen molar-refractivity contribution in [2.45, 2.75) is 38.0 Å². The van der Waals surface area contributed by atoms with Gasteiger partial charge in [-0.1, -0.05) is 18.6 Å². The van der Waals surface area contributed by atoms with Gasteiger partial charge in [-0.2, -0.15) is 17.5 Å². The molecule has 1 saturated heterocycles. The molecule has 134 valence electrons. The van der Waals surface area contributed by atoms with Gasteiger partial charge in [0.15, 0.2) is 0 Å². The van der Waals surface area contributed by atoms with Gasteiger partial charge in [0.25, 0.3) is 0 Å². The van der Waals surface area contributed by atoms with Crippen LogP contribution in [-0.4, -0.2) is 37.5 Å². The van der Waals surface area contributed by atoms with Crippen LogP contribution in [0.5, 0.6) is 0 Å². The molecule has 1 atom stereocenters. The molecule has 0 saturated carbocycles. The summed E-state index contributed by atoms with van der Waals surface area (Å²) in [5.74, 6) is -0.431. The van der Waals surface area contributed by atoms with Crippen LogP contribution < -0.4 is 5.32 Å². The minimum atomic E-state index is -4.40. The number of carbonyl (C=O) groups is 1. The van der Waals surface area contributed by atoms with Crippen LogP contribution in [-0.2, 0) is 27.5 Å². The molecule has 1 fully saturated rings. The van der Waals surface area contributed by atoms with Gasteiger partial charge in [-0.25, -0.2) is 8.42 Å². The van der Waals surface area contributed by atoms with Crippen molar-refractivity contribution in [3.8, 4) is 0 Å². The first kappa shape index (κ1) is 18.7. The number of alkyl halides is 3. The molecule has 1 aliphatic heterocycles. The van der Waals surface area contributed by atoms with Crippen molar-refractivity contribution in [3.63, 3.8) is 0 Å². The number of rotatable bonds is 4. The van der Waals surface area contributed by atoms with Gasteiger partial charge in [0, 0.05) is 13.1 Å². The summed E-state index contributed by atoms with van der Waals surface area (Å²) < 4.78 is 62.2. The molecule has 2 rings (SSSR count). The van der Waals surface area contributed by atoms with E-state index in [1.807, 2.05) is 0 Å². The van der Waals surface area contributed by atoms with Crippen molar-refractivity contribution in [1.82, 2.24) is 9.62 Å². The highest BCUT2D eigenvalue weighted by atomic mass is 32.2. The number of benzene rings is 1. The Hall–Kier alpha value is -1.61. The number of nitrogens with one attached hydrogen (secondary N) is 1. The first-order chi connectivity index (χ1) is 11.1. The third-order valence-corrected chi connectivity index (χ3v) is 5.22. The van der Waals surface area contributed by atoms with Crippen LogP contribution >= 0.6 is 0 Å². The normalized spacial score (nSPS) is 19.9. The van der Waals surface area contributed by atoms with E-state index < -0.39 is 33.7 Å². The maximum atomic E-state index is 12.5. The molecular weight excluding hydrogens is 345 g/mol. The molecule has 5 nitrogen and oxygen atoms in total.